The largest absolute Gasteiger partial charge is 0.493 e. The van der Waals surface area contributed by atoms with Crippen molar-refractivity contribution >= 4 is 0 Å². The van der Waals surface area contributed by atoms with Gasteiger partial charge in [0.25, 0.3) is 0 Å². The summed E-state index contributed by atoms with van der Waals surface area (Å²) in [5.41, 5.74) is 8.17. The fourth-order valence-electron chi connectivity index (χ4n) is 2.11. The highest BCUT2D eigenvalue weighted by Crippen LogP contribution is 2.18. The molecule has 0 aliphatic carbocycles. The van der Waals surface area contributed by atoms with Gasteiger partial charge in [-0.3, -0.25) is 0 Å². The Labute approximate surface area is 115 Å². The molecule has 0 saturated heterocycles. The van der Waals surface area contributed by atoms with Gasteiger partial charge in [-0.15, -0.1) is 0 Å². The van der Waals surface area contributed by atoms with Crippen LogP contribution >= 0.6 is 0 Å². The first-order valence-corrected chi connectivity index (χ1v) is 6.85. The molecule has 2 heteroatoms. The molecule has 2 N–H and O–H groups in total. The van der Waals surface area contributed by atoms with E-state index in [1.165, 1.54) is 11.1 Å². The number of hydrogen-bond acceptors (Lipinski definition) is 2. The van der Waals surface area contributed by atoms with E-state index >= 15 is 0 Å². The molecule has 2 nitrogen and oxygen atoms in total. The SMILES string of the molecule is NCCc1ccccc1OCCCc1ccccc1. The van der Waals surface area contributed by atoms with Gasteiger partial charge in [0.2, 0.25) is 0 Å². The molecule has 0 heterocycles. The molecule has 0 unspecified atom stereocenters. The van der Waals surface area contributed by atoms with Crippen molar-refractivity contribution in [2.45, 2.75) is 19.3 Å². The molecule has 0 amide bonds. The van der Waals surface area contributed by atoms with Crippen molar-refractivity contribution in [3.05, 3.63) is 65.7 Å². The van der Waals surface area contributed by atoms with Crippen molar-refractivity contribution in [2.24, 2.45) is 5.73 Å². The standard InChI is InChI=1S/C17H21NO/c18-13-12-16-10-4-5-11-17(16)19-14-6-9-15-7-2-1-3-8-15/h1-5,7-8,10-11H,6,9,12-14,18H2. The zero-order chi connectivity index (χ0) is 13.3. The van der Waals surface area contributed by atoms with Crippen molar-refractivity contribution in [2.75, 3.05) is 13.2 Å². The number of para-hydroxylation sites is 1. The molecule has 0 saturated carbocycles. The molecule has 2 aromatic carbocycles. The second-order valence-electron chi connectivity index (χ2n) is 4.58. The first kappa shape index (κ1) is 13.6. The van der Waals surface area contributed by atoms with E-state index in [0.29, 0.717) is 6.54 Å². The number of rotatable bonds is 7. The summed E-state index contributed by atoms with van der Waals surface area (Å²) in [6.07, 6.45) is 2.95. The maximum atomic E-state index is 5.86. The van der Waals surface area contributed by atoms with Crippen molar-refractivity contribution in [3.63, 3.8) is 0 Å². The second kappa shape index (κ2) is 7.59. The van der Waals surface area contributed by atoms with Gasteiger partial charge in [0.05, 0.1) is 6.61 Å². The summed E-state index contributed by atoms with van der Waals surface area (Å²) in [5.74, 6) is 0.973. The van der Waals surface area contributed by atoms with Gasteiger partial charge in [0, 0.05) is 0 Å². The highest BCUT2D eigenvalue weighted by Gasteiger charge is 2.01. The van der Waals surface area contributed by atoms with Gasteiger partial charge in [0.1, 0.15) is 5.75 Å². The van der Waals surface area contributed by atoms with Crippen LogP contribution in [0.15, 0.2) is 54.6 Å². The van der Waals surface area contributed by atoms with Gasteiger partial charge in [-0.1, -0.05) is 48.5 Å². The zero-order valence-electron chi connectivity index (χ0n) is 11.2. The lowest BCUT2D eigenvalue weighted by molar-refractivity contribution is 0.308. The number of aryl methyl sites for hydroxylation is 1. The minimum atomic E-state index is 0.657. The number of nitrogens with two attached hydrogens (primary N) is 1. The van der Waals surface area contributed by atoms with E-state index in [9.17, 15) is 0 Å². The lowest BCUT2D eigenvalue weighted by atomic mass is 10.1. The van der Waals surface area contributed by atoms with E-state index < -0.39 is 0 Å². The third-order valence-corrected chi connectivity index (χ3v) is 3.10. The van der Waals surface area contributed by atoms with E-state index in [0.717, 1.165) is 31.6 Å². The molecule has 0 aliphatic heterocycles. The van der Waals surface area contributed by atoms with Gasteiger partial charge in [-0.2, -0.15) is 0 Å². The van der Waals surface area contributed by atoms with Crippen molar-refractivity contribution in [1.29, 1.82) is 0 Å². The summed E-state index contributed by atoms with van der Waals surface area (Å²) in [6, 6.07) is 18.6. The quantitative estimate of drug-likeness (QED) is 0.771. The van der Waals surface area contributed by atoms with Crippen LogP contribution in [0.3, 0.4) is 0 Å². The van der Waals surface area contributed by atoms with E-state index in [4.69, 9.17) is 10.5 Å². The van der Waals surface area contributed by atoms with Crippen molar-refractivity contribution < 1.29 is 4.74 Å². The maximum absolute atomic E-state index is 5.86. The summed E-state index contributed by atoms with van der Waals surface area (Å²) in [4.78, 5) is 0. The predicted octanol–water partition coefficient (Wildman–Crippen LogP) is 3.20. The highest BCUT2D eigenvalue weighted by atomic mass is 16.5. The lowest BCUT2D eigenvalue weighted by Crippen LogP contribution is -2.06. The molecule has 19 heavy (non-hydrogen) atoms. The molecule has 0 spiro atoms. The monoisotopic (exact) mass is 255 g/mol. The molecule has 0 bridgehead atoms. The topological polar surface area (TPSA) is 35.2 Å². The molecule has 0 aromatic heterocycles. The Bertz CT molecular complexity index is 482. The Kier molecular flexibility index (Phi) is 5.45. The van der Waals surface area contributed by atoms with Crippen LogP contribution in [-0.2, 0) is 12.8 Å². The van der Waals surface area contributed by atoms with Crippen LogP contribution < -0.4 is 10.5 Å². The minimum absolute atomic E-state index is 0.657. The Balaban J connectivity index is 1.79. The Morgan fingerprint density at radius 3 is 2.37 bits per heavy atom. The summed E-state index contributed by atoms with van der Waals surface area (Å²) < 4.78 is 5.86. The average molecular weight is 255 g/mol. The third-order valence-electron chi connectivity index (χ3n) is 3.10. The lowest BCUT2D eigenvalue weighted by Gasteiger charge is -2.10. The van der Waals surface area contributed by atoms with E-state index in [1.54, 1.807) is 0 Å². The van der Waals surface area contributed by atoms with E-state index in [2.05, 4.69) is 30.3 Å². The molecule has 2 aromatic rings. The normalized spacial score (nSPS) is 10.4. The van der Waals surface area contributed by atoms with Crippen LogP contribution in [0.1, 0.15) is 17.5 Å². The minimum Gasteiger partial charge on any atom is -0.493 e. The first-order chi connectivity index (χ1) is 9.40. The van der Waals surface area contributed by atoms with Gasteiger partial charge in [-0.05, 0) is 43.0 Å². The van der Waals surface area contributed by atoms with Crippen molar-refractivity contribution in [1.82, 2.24) is 0 Å². The summed E-state index contributed by atoms with van der Waals surface area (Å²) in [5, 5.41) is 0. The molecule has 2 rings (SSSR count). The van der Waals surface area contributed by atoms with Crippen LogP contribution in [0.5, 0.6) is 5.75 Å². The second-order valence-corrected chi connectivity index (χ2v) is 4.58. The van der Waals surface area contributed by atoms with Crippen LogP contribution in [0.4, 0.5) is 0 Å². The first-order valence-electron chi connectivity index (χ1n) is 6.85. The zero-order valence-corrected chi connectivity index (χ0v) is 11.2. The molecule has 0 aliphatic rings. The number of ether oxygens (including phenoxy) is 1. The molecule has 0 radical (unpaired) electrons. The van der Waals surface area contributed by atoms with Crippen LogP contribution in [0, 0.1) is 0 Å². The average Bonchev–Trinajstić information content (AvgIpc) is 2.47. The van der Waals surface area contributed by atoms with Crippen LogP contribution in [0.2, 0.25) is 0 Å². The van der Waals surface area contributed by atoms with E-state index in [-0.39, 0.29) is 0 Å². The third kappa shape index (κ3) is 4.42. The Hall–Kier alpha value is -1.80. The van der Waals surface area contributed by atoms with Gasteiger partial charge >= 0.3 is 0 Å². The molecule has 100 valence electrons. The summed E-state index contributed by atoms with van der Waals surface area (Å²) >= 11 is 0. The summed E-state index contributed by atoms with van der Waals surface area (Å²) in [7, 11) is 0. The fraction of sp³-hybridized carbons (Fsp3) is 0.294. The molecular formula is C17H21NO. The highest BCUT2D eigenvalue weighted by molar-refractivity contribution is 5.33. The maximum Gasteiger partial charge on any atom is 0.122 e. The Morgan fingerprint density at radius 2 is 1.58 bits per heavy atom. The number of hydrogen-bond donors (Lipinski definition) is 1. The van der Waals surface area contributed by atoms with Gasteiger partial charge in [0.15, 0.2) is 0 Å². The van der Waals surface area contributed by atoms with Gasteiger partial charge in [-0.25, -0.2) is 0 Å². The fourth-order valence-corrected chi connectivity index (χ4v) is 2.11. The number of benzene rings is 2. The Morgan fingerprint density at radius 1 is 0.842 bits per heavy atom. The van der Waals surface area contributed by atoms with Crippen LogP contribution in [-0.4, -0.2) is 13.2 Å². The van der Waals surface area contributed by atoms with Crippen molar-refractivity contribution in [3.8, 4) is 5.75 Å². The molecule has 0 fully saturated rings. The van der Waals surface area contributed by atoms with E-state index in [1.807, 2.05) is 24.3 Å². The molecular weight excluding hydrogens is 234 g/mol. The smallest absolute Gasteiger partial charge is 0.122 e. The summed E-state index contributed by atoms with van der Waals surface area (Å²) in [6.45, 7) is 1.40. The van der Waals surface area contributed by atoms with Gasteiger partial charge < -0.3 is 10.5 Å². The molecule has 0 atom stereocenters. The predicted molar refractivity (Wildman–Crippen MR) is 79.5 cm³/mol. The van der Waals surface area contributed by atoms with Crippen LogP contribution in [0.25, 0.3) is 0 Å².